The number of piperidine rings is 1. The first kappa shape index (κ1) is 14.0. The third kappa shape index (κ3) is 3.32. The number of hydrogen-bond donors (Lipinski definition) is 2. The molecule has 1 aromatic rings. The van der Waals surface area contributed by atoms with Crippen LogP contribution in [0.4, 0.5) is 4.39 Å². The first-order chi connectivity index (χ1) is 9.01. The van der Waals surface area contributed by atoms with E-state index >= 15 is 0 Å². The molecule has 3 nitrogen and oxygen atoms in total. The second kappa shape index (κ2) is 5.70. The molecule has 4 heteroatoms. The van der Waals surface area contributed by atoms with Gasteiger partial charge in [-0.1, -0.05) is 12.1 Å². The van der Waals surface area contributed by atoms with Gasteiger partial charge in [0.25, 0.3) is 0 Å². The Hall–Kier alpha value is -1.42. The lowest BCUT2D eigenvalue weighted by Crippen LogP contribution is -2.57. The van der Waals surface area contributed by atoms with E-state index in [1.54, 1.807) is 12.1 Å². The predicted molar refractivity (Wildman–Crippen MR) is 73.2 cm³/mol. The number of rotatable bonds is 3. The van der Waals surface area contributed by atoms with Gasteiger partial charge in [0.1, 0.15) is 5.82 Å². The number of hydrogen-bond acceptors (Lipinski definition) is 2. The minimum Gasteiger partial charge on any atom is -0.348 e. The highest BCUT2D eigenvalue weighted by atomic mass is 19.1. The van der Waals surface area contributed by atoms with Gasteiger partial charge in [0.05, 0.1) is 11.6 Å². The van der Waals surface area contributed by atoms with Crippen LogP contribution in [0.3, 0.4) is 0 Å². The number of carbonyl (C=O) groups is 1. The fraction of sp³-hybridized carbons (Fsp3) is 0.533. The van der Waals surface area contributed by atoms with Gasteiger partial charge in [0, 0.05) is 0 Å². The topological polar surface area (TPSA) is 41.1 Å². The molecule has 2 unspecified atom stereocenters. The van der Waals surface area contributed by atoms with Crippen molar-refractivity contribution in [2.45, 2.75) is 44.7 Å². The van der Waals surface area contributed by atoms with Crippen molar-refractivity contribution in [3.63, 3.8) is 0 Å². The molecule has 1 aliphatic rings. The van der Waals surface area contributed by atoms with Crippen LogP contribution in [0.15, 0.2) is 24.3 Å². The van der Waals surface area contributed by atoms with Gasteiger partial charge in [0.2, 0.25) is 5.91 Å². The molecule has 2 atom stereocenters. The van der Waals surface area contributed by atoms with Gasteiger partial charge in [0.15, 0.2) is 0 Å². The van der Waals surface area contributed by atoms with Crippen molar-refractivity contribution < 1.29 is 9.18 Å². The van der Waals surface area contributed by atoms with Gasteiger partial charge >= 0.3 is 0 Å². The minimum absolute atomic E-state index is 0.0176. The number of amides is 1. The molecule has 104 valence electrons. The fourth-order valence-corrected chi connectivity index (χ4v) is 2.44. The summed E-state index contributed by atoms with van der Waals surface area (Å²) < 4.78 is 12.9. The molecule has 1 aromatic carbocycles. The Morgan fingerprint density at radius 3 is 2.63 bits per heavy atom. The number of benzene rings is 1. The van der Waals surface area contributed by atoms with Crippen LogP contribution in [0.25, 0.3) is 0 Å². The van der Waals surface area contributed by atoms with Crippen LogP contribution < -0.4 is 10.6 Å². The second-order valence-corrected chi connectivity index (χ2v) is 5.46. The molecular weight excluding hydrogens is 243 g/mol. The van der Waals surface area contributed by atoms with E-state index in [1.165, 1.54) is 12.1 Å². The van der Waals surface area contributed by atoms with Crippen LogP contribution in [-0.4, -0.2) is 18.0 Å². The lowest BCUT2D eigenvalue weighted by Gasteiger charge is -2.34. The summed E-state index contributed by atoms with van der Waals surface area (Å²) in [7, 11) is 0. The van der Waals surface area contributed by atoms with Gasteiger partial charge < -0.3 is 10.6 Å². The standard InChI is InChI=1S/C15H21FN2O/c1-11(12-5-7-13(16)8-6-12)18-14(19)15(2)9-3-4-10-17-15/h5-8,11,17H,3-4,9-10H2,1-2H3,(H,18,19). The monoisotopic (exact) mass is 264 g/mol. The molecule has 0 aliphatic carbocycles. The zero-order valence-corrected chi connectivity index (χ0v) is 11.5. The zero-order chi connectivity index (χ0) is 13.9. The molecule has 1 amide bonds. The van der Waals surface area contributed by atoms with Crippen LogP contribution in [0.2, 0.25) is 0 Å². The van der Waals surface area contributed by atoms with Crippen LogP contribution >= 0.6 is 0 Å². The van der Waals surface area contributed by atoms with Crippen LogP contribution in [0, 0.1) is 5.82 Å². The third-order valence-corrected chi connectivity index (χ3v) is 3.84. The summed E-state index contributed by atoms with van der Waals surface area (Å²) in [4.78, 5) is 12.3. The van der Waals surface area contributed by atoms with Gasteiger partial charge in [-0.3, -0.25) is 4.79 Å². The minimum atomic E-state index is -0.480. The van der Waals surface area contributed by atoms with E-state index < -0.39 is 5.54 Å². The highest BCUT2D eigenvalue weighted by Crippen LogP contribution is 2.21. The average Bonchev–Trinajstić information content (AvgIpc) is 2.40. The molecule has 1 saturated heterocycles. The summed E-state index contributed by atoms with van der Waals surface area (Å²) in [6, 6.07) is 6.12. The first-order valence-electron chi connectivity index (χ1n) is 6.83. The van der Waals surface area contributed by atoms with Gasteiger partial charge in [-0.25, -0.2) is 4.39 Å². The molecule has 1 fully saturated rings. The first-order valence-corrected chi connectivity index (χ1v) is 6.83. The van der Waals surface area contributed by atoms with E-state index in [1.807, 2.05) is 13.8 Å². The normalized spacial score (nSPS) is 24.8. The highest BCUT2D eigenvalue weighted by Gasteiger charge is 2.34. The summed E-state index contributed by atoms with van der Waals surface area (Å²) in [5.74, 6) is -0.243. The molecule has 1 aliphatic heterocycles. The quantitative estimate of drug-likeness (QED) is 0.881. The Morgan fingerprint density at radius 2 is 2.05 bits per heavy atom. The molecule has 1 heterocycles. The largest absolute Gasteiger partial charge is 0.348 e. The Balaban J connectivity index is 2.00. The average molecular weight is 264 g/mol. The summed E-state index contributed by atoms with van der Waals surface area (Å²) in [6.45, 7) is 4.74. The maximum atomic E-state index is 12.9. The van der Waals surface area contributed by atoms with E-state index in [2.05, 4.69) is 10.6 Å². The van der Waals surface area contributed by atoms with Crippen molar-refractivity contribution >= 4 is 5.91 Å². The lowest BCUT2D eigenvalue weighted by molar-refractivity contribution is -0.128. The van der Waals surface area contributed by atoms with Crippen LogP contribution in [-0.2, 0) is 4.79 Å². The molecule has 0 radical (unpaired) electrons. The molecule has 0 spiro atoms. The Bertz CT molecular complexity index is 438. The Labute approximate surface area is 113 Å². The molecule has 0 bridgehead atoms. The highest BCUT2D eigenvalue weighted by molar-refractivity contribution is 5.86. The van der Waals surface area contributed by atoms with E-state index in [0.717, 1.165) is 31.4 Å². The third-order valence-electron chi connectivity index (χ3n) is 3.84. The predicted octanol–water partition coefficient (Wildman–Crippen LogP) is 2.54. The Morgan fingerprint density at radius 1 is 1.37 bits per heavy atom. The lowest BCUT2D eigenvalue weighted by atomic mass is 9.89. The smallest absolute Gasteiger partial charge is 0.240 e. The van der Waals surface area contributed by atoms with Crippen molar-refractivity contribution in [3.05, 3.63) is 35.6 Å². The molecule has 19 heavy (non-hydrogen) atoms. The number of nitrogens with one attached hydrogen (secondary N) is 2. The molecule has 2 N–H and O–H groups in total. The van der Waals surface area contributed by atoms with Crippen LogP contribution in [0.5, 0.6) is 0 Å². The SMILES string of the molecule is CC(NC(=O)C1(C)CCCCN1)c1ccc(F)cc1. The molecule has 0 saturated carbocycles. The van der Waals surface area contributed by atoms with E-state index in [4.69, 9.17) is 0 Å². The van der Waals surface area contributed by atoms with E-state index in [9.17, 15) is 9.18 Å². The summed E-state index contributed by atoms with van der Waals surface area (Å²) in [5.41, 5.74) is 0.432. The maximum absolute atomic E-state index is 12.9. The zero-order valence-electron chi connectivity index (χ0n) is 11.5. The number of halogens is 1. The molecule has 2 rings (SSSR count). The molecule has 0 aromatic heterocycles. The van der Waals surface area contributed by atoms with E-state index in [0.29, 0.717) is 0 Å². The Kier molecular flexibility index (Phi) is 4.20. The molecular formula is C15H21FN2O. The van der Waals surface area contributed by atoms with Crippen LogP contribution in [0.1, 0.15) is 44.7 Å². The van der Waals surface area contributed by atoms with Crippen molar-refractivity contribution in [1.82, 2.24) is 10.6 Å². The van der Waals surface area contributed by atoms with Crippen molar-refractivity contribution in [2.24, 2.45) is 0 Å². The van der Waals surface area contributed by atoms with Gasteiger partial charge in [-0.15, -0.1) is 0 Å². The summed E-state index contributed by atoms with van der Waals surface area (Å²) in [5, 5.41) is 6.29. The number of carbonyl (C=O) groups excluding carboxylic acids is 1. The fourth-order valence-electron chi connectivity index (χ4n) is 2.44. The second-order valence-electron chi connectivity index (χ2n) is 5.46. The summed E-state index contributed by atoms with van der Waals surface area (Å²) in [6.07, 6.45) is 3.05. The summed E-state index contributed by atoms with van der Waals surface area (Å²) >= 11 is 0. The van der Waals surface area contributed by atoms with Crippen molar-refractivity contribution in [2.75, 3.05) is 6.54 Å². The van der Waals surface area contributed by atoms with E-state index in [-0.39, 0.29) is 17.8 Å². The van der Waals surface area contributed by atoms with Crippen molar-refractivity contribution in [1.29, 1.82) is 0 Å². The van der Waals surface area contributed by atoms with Gasteiger partial charge in [-0.2, -0.15) is 0 Å². The van der Waals surface area contributed by atoms with Crippen molar-refractivity contribution in [3.8, 4) is 0 Å². The maximum Gasteiger partial charge on any atom is 0.240 e. The van der Waals surface area contributed by atoms with Gasteiger partial charge in [-0.05, 0) is 57.4 Å².